The van der Waals surface area contributed by atoms with Crippen LogP contribution in [0.2, 0.25) is 0 Å². The minimum Gasteiger partial charge on any atom is -0.300 e. The normalized spacial score (nSPS) is 15.3. The monoisotopic (exact) mass is 256 g/mol. The second-order valence-corrected chi connectivity index (χ2v) is 5.55. The third-order valence-corrected chi connectivity index (χ3v) is 3.38. The molecule has 0 atom stereocenters. The Bertz CT molecular complexity index is 166. The van der Waals surface area contributed by atoms with Gasteiger partial charge in [0.2, 0.25) is 0 Å². The van der Waals surface area contributed by atoms with Crippen molar-refractivity contribution in [3.63, 3.8) is 0 Å². The standard InChI is InChI=1S/C8H16.C7H14O.C2H6/c1-2-8-6-4-3-5-7-8;1-6(2)4-5-7(3)8;1-2/h8H,2-7H2,1H3;6H,4-5H2,1-3H3;1-2H3. The van der Waals surface area contributed by atoms with E-state index in [1.54, 1.807) is 6.92 Å². The van der Waals surface area contributed by atoms with Crippen LogP contribution in [-0.2, 0) is 4.79 Å². The van der Waals surface area contributed by atoms with Crippen molar-refractivity contribution in [2.45, 2.75) is 92.9 Å². The maximum atomic E-state index is 10.3. The van der Waals surface area contributed by atoms with Crippen molar-refractivity contribution in [3.8, 4) is 0 Å². The zero-order chi connectivity index (χ0) is 14.4. The SMILES string of the molecule is CC.CC(=O)CCC(C)C.CCC1CCCCC1. The van der Waals surface area contributed by atoms with E-state index < -0.39 is 0 Å². The van der Waals surface area contributed by atoms with Crippen molar-refractivity contribution in [1.82, 2.24) is 0 Å². The molecule has 1 nitrogen and oxygen atoms in total. The van der Waals surface area contributed by atoms with Crippen molar-refractivity contribution in [2.24, 2.45) is 11.8 Å². The second kappa shape index (κ2) is 14.7. The van der Waals surface area contributed by atoms with E-state index in [0.717, 1.165) is 18.8 Å². The van der Waals surface area contributed by atoms with Crippen LogP contribution in [0.5, 0.6) is 0 Å². The Morgan fingerprint density at radius 1 is 1.11 bits per heavy atom. The summed E-state index contributed by atoms with van der Waals surface area (Å²) in [5.74, 6) is 2.06. The van der Waals surface area contributed by atoms with Gasteiger partial charge in [-0.2, -0.15) is 0 Å². The summed E-state index contributed by atoms with van der Waals surface area (Å²) < 4.78 is 0. The van der Waals surface area contributed by atoms with Crippen molar-refractivity contribution in [2.75, 3.05) is 0 Å². The van der Waals surface area contributed by atoms with E-state index in [0.29, 0.717) is 11.7 Å². The maximum Gasteiger partial charge on any atom is 0.129 e. The molecular weight excluding hydrogens is 220 g/mol. The first-order chi connectivity index (χ1) is 8.56. The first-order valence-electron chi connectivity index (χ1n) is 8.05. The Hall–Kier alpha value is -0.330. The van der Waals surface area contributed by atoms with E-state index in [4.69, 9.17) is 0 Å². The van der Waals surface area contributed by atoms with Crippen molar-refractivity contribution in [1.29, 1.82) is 0 Å². The predicted octanol–water partition coefficient (Wildman–Crippen LogP) is 6.01. The highest BCUT2D eigenvalue weighted by Crippen LogP contribution is 2.25. The second-order valence-electron chi connectivity index (χ2n) is 5.55. The molecule has 110 valence electrons. The van der Waals surface area contributed by atoms with E-state index >= 15 is 0 Å². The Morgan fingerprint density at radius 2 is 1.61 bits per heavy atom. The van der Waals surface area contributed by atoms with Gasteiger partial charge in [0, 0.05) is 6.42 Å². The fraction of sp³-hybridized carbons (Fsp3) is 0.941. The van der Waals surface area contributed by atoms with Gasteiger partial charge < -0.3 is 4.79 Å². The summed E-state index contributed by atoms with van der Waals surface area (Å²) in [7, 11) is 0. The summed E-state index contributed by atoms with van der Waals surface area (Å²) in [4.78, 5) is 10.3. The molecule has 0 aromatic carbocycles. The van der Waals surface area contributed by atoms with Crippen LogP contribution in [-0.4, -0.2) is 5.78 Å². The molecule has 0 heterocycles. The van der Waals surface area contributed by atoms with Crippen molar-refractivity contribution in [3.05, 3.63) is 0 Å². The van der Waals surface area contributed by atoms with Gasteiger partial charge in [-0.15, -0.1) is 0 Å². The molecule has 0 aromatic rings. The molecule has 1 fully saturated rings. The van der Waals surface area contributed by atoms with Gasteiger partial charge in [-0.05, 0) is 25.2 Å². The zero-order valence-corrected chi connectivity index (χ0v) is 13.7. The van der Waals surface area contributed by atoms with E-state index in [9.17, 15) is 4.79 Å². The Kier molecular flexibility index (Phi) is 16.4. The molecule has 18 heavy (non-hydrogen) atoms. The lowest BCUT2D eigenvalue weighted by Crippen LogP contribution is -2.03. The molecule has 0 aromatic heterocycles. The van der Waals surface area contributed by atoms with Crippen LogP contribution in [0, 0.1) is 11.8 Å². The molecule has 0 bridgehead atoms. The average Bonchev–Trinajstić information content (AvgIpc) is 2.40. The highest BCUT2D eigenvalue weighted by Gasteiger charge is 2.09. The molecule has 0 unspecified atom stereocenters. The van der Waals surface area contributed by atoms with Gasteiger partial charge >= 0.3 is 0 Å². The van der Waals surface area contributed by atoms with E-state index in [2.05, 4.69) is 20.8 Å². The van der Waals surface area contributed by atoms with Crippen LogP contribution in [0.15, 0.2) is 0 Å². The lowest BCUT2D eigenvalue weighted by molar-refractivity contribution is -0.117. The number of carbonyl (C=O) groups excluding carboxylic acids is 1. The minimum absolute atomic E-state index is 0.304. The van der Waals surface area contributed by atoms with Gasteiger partial charge in [-0.3, -0.25) is 0 Å². The number of rotatable bonds is 4. The van der Waals surface area contributed by atoms with Crippen LogP contribution in [0.4, 0.5) is 0 Å². The number of ketones is 1. The fourth-order valence-corrected chi connectivity index (χ4v) is 2.09. The summed E-state index contributed by atoms with van der Waals surface area (Å²) in [6.07, 6.45) is 10.7. The Morgan fingerprint density at radius 3 is 1.83 bits per heavy atom. The molecular formula is C17H36O. The lowest BCUT2D eigenvalue weighted by atomic mass is 9.88. The molecule has 0 aliphatic heterocycles. The van der Waals surface area contributed by atoms with Crippen LogP contribution >= 0.6 is 0 Å². The highest BCUT2D eigenvalue weighted by molar-refractivity contribution is 5.75. The van der Waals surface area contributed by atoms with Crippen molar-refractivity contribution < 1.29 is 4.79 Å². The number of hydrogen-bond acceptors (Lipinski definition) is 1. The smallest absolute Gasteiger partial charge is 0.129 e. The molecule has 1 aliphatic carbocycles. The van der Waals surface area contributed by atoms with E-state index in [1.807, 2.05) is 13.8 Å². The number of Topliss-reactive ketones (excluding diaryl/α,β-unsaturated/α-hetero) is 1. The largest absolute Gasteiger partial charge is 0.300 e. The predicted molar refractivity (Wildman–Crippen MR) is 83.0 cm³/mol. The molecule has 0 N–H and O–H groups in total. The topological polar surface area (TPSA) is 17.1 Å². The molecule has 0 saturated heterocycles. The third-order valence-electron chi connectivity index (χ3n) is 3.38. The van der Waals surface area contributed by atoms with E-state index in [-0.39, 0.29) is 0 Å². The van der Waals surface area contributed by atoms with Crippen LogP contribution in [0.1, 0.15) is 92.9 Å². The summed E-state index contributed by atoms with van der Waals surface area (Å²) in [5.41, 5.74) is 0. The molecule has 0 radical (unpaired) electrons. The van der Waals surface area contributed by atoms with Gasteiger partial charge in [-0.25, -0.2) is 0 Å². The van der Waals surface area contributed by atoms with Gasteiger partial charge in [0.1, 0.15) is 5.78 Å². The van der Waals surface area contributed by atoms with Gasteiger partial charge in [0.15, 0.2) is 0 Å². The highest BCUT2D eigenvalue weighted by atomic mass is 16.1. The minimum atomic E-state index is 0.304. The first-order valence-corrected chi connectivity index (χ1v) is 8.05. The Labute approximate surface area is 116 Å². The fourth-order valence-electron chi connectivity index (χ4n) is 2.09. The van der Waals surface area contributed by atoms with Crippen LogP contribution < -0.4 is 0 Å². The molecule has 1 rings (SSSR count). The average molecular weight is 256 g/mol. The van der Waals surface area contributed by atoms with Gasteiger partial charge in [0.25, 0.3) is 0 Å². The molecule has 0 spiro atoms. The molecule has 1 aliphatic rings. The van der Waals surface area contributed by atoms with E-state index in [1.165, 1.54) is 38.5 Å². The summed E-state index contributed by atoms with van der Waals surface area (Å²) in [6.45, 7) is 12.2. The quantitative estimate of drug-likeness (QED) is 0.601. The van der Waals surface area contributed by atoms with Crippen molar-refractivity contribution >= 4 is 5.78 Å². The third kappa shape index (κ3) is 15.7. The first kappa shape index (κ1) is 20.0. The molecule has 1 heteroatoms. The van der Waals surface area contributed by atoms with Crippen LogP contribution in [0.25, 0.3) is 0 Å². The summed E-state index contributed by atoms with van der Waals surface area (Å²) in [6, 6.07) is 0. The summed E-state index contributed by atoms with van der Waals surface area (Å²) in [5, 5.41) is 0. The maximum absolute atomic E-state index is 10.3. The Balaban J connectivity index is 0. The number of carbonyl (C=O) groups is 1. The van der Waals surface area contributed by atoms with Gasteiger partial charge in [-0.1, -0.05) is 73.1 Å². The van der Waals surface area contributed by atoms with Gasteiger partial charge in [0.05, 0.1) is 0 Å². The van der Waals surface area contributed by atoms with Crippen LogP contribution in [0.3, 0.4) is 0 Å². The zero-order valence-electron chi connectivity index (χ0n) is 13.7. The molecule has 1 saturated carbocycles. The molecule has 0 amide bonds. The number of hydrogen-bond donors (Lipinski definition) is 0. The lowest BCUT2D eigenvalue weighted by Gasteiger charge is -2.18. The summed E-state index contributed by atoms with van der Waals surface area (Å²) >= 11 is 0.